The molecule has 2 aliphatic heterocycles. The number of nitrogens with zero attached hydrogens (tertiary/aromatic N) is 3. The molecule has 1 aromatic rings. The van der Waals surface area contributed by atoms with Gasteiger partial charge in [0.1, 0.15) is 0 Å². The Hall–Kier alpha value is -1.06. The lowest BCUT2D eigenvalue weighted by molar-refractivity contribution is 0.148. The van der Waals surface area contributed by atoms with Crippen LogP contribution >= 0.6 is 0 Å². The summed E-state index contributed by atoms with van der Waals surface area (Å²) in [5, 5.41) is 0. The van der Waals surface area contributed by atoms with Gasteiger partial charge in [0.2, 0.25) is 0 Å². The summed E-state index contributed by atoms with van der Waals surface area (Å²) in [6, 6.07) is 7.16. The van der Waals surface area contributed by atoms with E-state index in [2.05, 4.69) is 53.9 Å². The molecule has 2 aliphatic rings. The third-order valence-corrected chi connectivity index (χ3v) is 5.08. The zero-order valence-electron chi connectivity index (χ0n) is 13.8. The Bertz CT molecular complexity index is 477. The van der Waals surface area contributed by atoms with Crippen LogP contribution in [0.4, 0.5) is 5.69 Å². The van der Waals surface area contributed by atoms with Crippen molar-refractivity contribution in [1.82, 2.24) is 9.80 Å². The van der Waals surface area contributed by atoms with Gasteiger partial charge in [0, 0.05) is 57.9 Å². The van der Waals surface area contributed by atoms with Crippen LogP contribution in [-0.2, 0) is 6.54 Å². The van der Waals surface area contributed by atoms with Crippen molar-refractivity contribution in [2.75, 3.05) is 51.7 Å². The number of benzene rings is 1. The number of hydrogen-bond donors (Lipinski definition) is 0. The molecular weight excluding hydrogens is 258 g/mol. The summed E-state index contributed by atoms with van der Waals surface area (Å²) in [5.74, 6) is 0.738. The van der Waals surface area contributed by atoms with Gasteiger partial charge in [-0.3, -0.25) is 4.90 Å². The number of piperazine rings is 1. The highest BCUT2D eigenvalue weighted by Gasteiger charge is 2.26. The van der Waals surface area contributed by atoms with Crippen molar-refractivity contribution in [2.45, 2.75) is 32.2 Å². The molecule has 0 N–H and O–H groups in total. The van der Waals surface area contributed by atoms with Gasteiger partial charge in [-0.1, -0.05) is 25.5 Å². The topological polar surface area (TPSA) is 9.72 Å². The summed E-state index contributed by atoms with van der Waals surface area (Å²) in [6.45, 7) is 9.41. The van der Waals surface area contributed by atoms with Crippen LogP contribution in [0.5, 0.6) is 0 Å². The molecule has 1 fully saturated rings. The van der Waals surface area contributed by atoms with Crippen molar-refractivity contribution in [1.29, 1.82) is 0 Å². The highest BCUT2D eigenvalue weighted by molar-refractivity contribution is 5.60. The molecule has 1 aromatic carbocycles. The molecule has 0 radical (unpaired) electrons. The van der Waals surface area contributed by atoms with Crippen molar-refractivity contribution in [3.8, 4) is 0 Å². The highest BCUT2D eigenvalue weighted by Crippen LogP contribution is 2.38. The molecule has 2 heterocycles. The minimum Gasteiger partial charge on any atom is -0.374 e. The molecule has 3 nitrogen and oxygen atoms in total. The van der Waals surface area contributed by atoms with Gasteiger partial charge in [0.25, 0.3) is 0 Å². The van der Waals surface area contributed by atoms with Crippen LogP contribution < -0.4 is 4.90 Å². The van der Waals surface area contributed by atoms with E-state index in [1.807, 2.05) is 0 Å². The fourth-order valence-corrected chi connectivity index (χ4v) is 3.76. The van der Waals surface area contributed by atoms with Gasteiger partial charge in [0.05, 0.1) is 0 Å². The van der Waals surface area contributed by atoms with Crippen molar-refractivity contribution >= 4 is 5.69 Å². The minimum absolute atomic E-state index is 0.738. The first-order valence-corrected chi connectivity index (χ1v) is 8.42. The molecule has 1 saturated heterocycles. The number of hydrogen-bond acceptors (Lipinski definition) is 3. The van der Waals surface area contributed by atoms with E-state index in [4.69, 9.17) is 0 Å². The first-order valence-electron chi connectivity index (χ1n) is 8.42. The first kappa shape index (κ1) is 14.9. The normalized spacial score (nSPS) is 23.6. The molecule has 0 aromatic heterocycles. The van der Waals surface area contributed by atoms with Gasteiger partial charge < -0.3 is 9.80 Å². The Morgan fingerprint density at radius 2 is 1.86 bits per heavy atom. The summed E-state index contributed by atoms with van der Waals surface area (Å²) in [5.41, 5.74) is 4.54. The maximum Gasteiger partial charge on any atom is 0.0400 e. The molecule has 3 rings (SSSR count). The Kier molecular flexibility index (Phi) is 4.51. The second-order valence-electron chi connectivity index (χ2n) is 6.84. The Morgan fingerprint density at radius 3 is 2.57 bits per heavy atom. The molecular formula is C18H29N3. The van der Waals surface area contributed by atoms with Crippen LogP contribution in [0.1, 0.15) is 36.8 Å². The van der Waals surface area contributed by atoms with Crippen molar-refractivity contribution < 1.29 is 0 Å². The summed E-state index contributed by atoms with van der Waals surface area (Å²) < 4.78 is 0. The Balaban J connectivity index is 1.71. The molecule has 1 unspecified atom stereocenters. The van der Waals surface area contributed by atoms with Gasteiger partial charge in [-0.2, -0.15) is 0 Å². The van der Waals surface area contributed by atoms with Gasteiger partial charge in [-0.15, -0.1) is 0 Å². The summed E-state index contributed by atoms with van der Waals surface area (Å²) in [4.78, 5) is 7.44. The molecule has 0 bridgehead atoms. The third-order valence-electron chi connectivity index (χ3n) is 5.08. The lowest BCUT2D eigenvalue weighted by atomic mass is 9.95. The van der Waals surface area contributed by atoms with E-state index >= 15 is 0 Å². The first-order chi connectivity index (χ1) is 10.2. The van der Waals surface area contributed by atoms with Crippen LogP contribution in [0.15, 0.2) is 18.2 Å². The van der Waals surface area contributed by atoms with E-state index in [9.17, 15) is 0 Å². The van der Waals surface area contributed by atoms with E-state index in [1.165, 1.54) is 56.8 Å². The molecule has 0 amide bonds. The SMILES string of the molecule is CCCC1CN(C)c2ccc(CN3CCN(C)CC3)cc21. The lowest BCUT2D eigenvalue weighted by Crippen LogP contribution is -2.43. The number of rotatable bonds is 4. The predicted octanol–water partition coefficient (Wildman–Crippen LogP) is 2.77. The zero-order valence-corrected chi connectivity index (χ0v) is 13.8. The standard InChI is InChI=1S/C18H29N3/c1-4-5-16-14-20(3)18-7-6-15(12-17(16)18)13-21-10-8-19(2)9-11-21/h6-7,12,16H,4-5,8-11,13-14H2,1-3H3. The molecule has 0 saturated carbocycles. The number of anilines is 1. The summed E-state index contributed by atoms with van der Waals surface area (Å²) >= 11 is 0. The number of likely N-dealkylation sites (N-methyl/N-ethyl adjacent to an activating group) is 2. The van der Waals surface area contributed by atoms with E-state index < -0.39 is 0 Å². The van der Waals surface area contributed by atoms with Crippen LogP contribution in [0, 0.1) is 0 Å². The van der Waals surface area contributed by atoms with Crippen LogP contribution in [0.25, 0.3) is 0 Å². The van der Waals surface area contributed by atoms with Crippen molar-refractivity contribution in [3.05, 3.63) is 29.3 Å². The van der Waals surface area contributed by atoms with Gasteiger partial charge in [-0.25, -0.2) is 0 Å². The summed E-state index contributed by atoms with van der Waals surface area (Å²) in [7, 11) is 4.45. The van der Waals surface area contributed by atoms with Crippen LogP contribution in [0.2, 0.25) is 0 Å². The third kappa shape index (κ3) is 3.24. The predicted molar refractivity (Wildman–Crippen MR) is 90.1 cm³/mol. The highest BCUT2D eigenvalue weighted by atomic mass is 15.2. The second kappa shape index (κ2) is 6.37. The monoisotopic (exact) mass is 287 g/mol. The zero-order chi connectivity index (χ0) is 14.8. The van der Waals surface area contributed by atoms with Gasteiger partial charge >= 0.3 is 0 Å². The second-order valence-corrected chi connectivity index (χ2v) is 6.84. The summed E-state index contributed by atoms with van der Waals surface area (Å²) in [6.07, 6.45) is 2.59. The molecule has 21 heavy (non-hydrogen) atoms. The number of fused-ring (bicyclic) bond motifs is 1. The molecule has 3 heteroatoms. The smallest absolute Gasteiger partial charge is 0.0400 e. The molecule has 116 valence electrons. The largest absolute Gasteiger partial charge is 0.374 e. The van der Waals surface area contributed by atoms with Gasteiger partial charge in [0.15, 0.2) is 0 Å². The average Bonchev–Trinajstić information content (AvgIpc) is 2.78. The molecule has 0 spiro atoms. The van der Waals surface area contributed by atoms with E-state index in [-0.39, 0.29) is 0 Å². The minimum atomic E-state index is 0.738. The van der Waals surface area contributed by atoms with Crippen molar-refractivity contribution in [3.63, 3.8) is 0 Å². The molecule has 1 atom stereocenters. The maximum atomic E-state index is 2.59. The average molecular weight is 287 g/mol. The van der Waals surface area contributed by atoms with E-state index in [1.54, 1.807) is 5.56 Å². The van der Waals surface area contributed by atoms with Gasteiger partial charge in [-0.05, 0) is 30.7 Å². The fraction of sp³-hybridized carbons (Fsp3) is 0.667. The van der Waals surface area contributed by atoms with Crippen LogP contribution in [0.3, 0.4) is 0 Å². The quantitative estimate of drug-likeness (QED) is 0.843. The van der Waals surface area contributed by atoms with E-state index in [0.717, 1.165) is 12.5 Å². The molecule has 0 aliphatic carbocycles. The Morgan fingerprint density at radius 1 is 1.10 bits per heavy atom. The fourth-order valence-electron chi connectivity index (χ4n) is 3.76. The maximum absolute atomic E-state index is 2.59. The lowest BCUT2D eigenvalue weighted by Gasteiger charge is -2.32. The van der Waals surface area contributed by atoms with E-state index in [0.29, 0.717) is 0 Å². The van der Waals surface area contributed by atoms with Crippen molar-refractivity contribution in [2.24, 2.45) is 0 Å². The Labute approximate surface area is 129 Å². The van der Waals surface area contributed by atoms with Crippen LogP contribution in [-0.4, -0.2) is 56.6 Å².